The van der Waals surface area contributed by atoms with Crippen LogP contribution in [0.5, 0.6) is 0 Å². The van der Waals surface area contributed by atoms with E-state index in [0.29, 0.717) is 5.82 Å². The number of aromatic amines is 1. The first-order valence-electron chi connectivity index (χ1n) is 5.64. The summed E-state index contributed by atoms with van der Waals surface area (Å²) in [6, 6.07) is 5.64. The third-order valence-corrected chi connectivity index (χ3v) is 3.32. The topological polar surface area (TPSA) is 57.8 Å². The van der Waals surface area contributed by atoms with Gasteiger partial charge in [-0.1, -0.05) is 13.0 Å². The highest BCUT2D eigenvalue weighted by Crippen LogP contribution is 2.09. The van der Waals surface area contributed by atoms with Crippen molar-refractivity contribution >= 4 is 17.2 Å². The van der Waals surface area contributed by atoms with Crippen molar-refractivity contribution in [1.82, 2.24) is 9.97 Å². The van der Waals surface area contributed by atoms with Crippen molar-refractivity contribution < 1.29 is 0 Å². The van der Waals surface area contributed by atoms with Gasteiger partial charge in [-0.3, -0.25) is 4.79 Å². The first-order valence-corrected chi connectivity index (χ1v) is 6.52. The summed E-state index contributed by atoms with van der Waals surface area (Å²) in [4.78, 5) is 19.7. The predicted molar refractivity (Wildman–Crippen MR) is 70.7 cm³/mol. The fourth-order valence-corrected chi connectivity index (χ4v) is 2.24. The molecular formula is C12H15N3OS. The van der Waals surface area contributed by atoms with Crippen LogP contribution in [0.3, 0.4) is 0 Å². The van der Waals surface area contributed by atoms with Gasteiger partial charge in [-0.15, -0.1) is 11.3 Å². The molecule has 0 bridgehead atoms. The van der Waals surface area contributed by atoms with Gasteiger partial charge in [0.25, 0.3) is 5.56 Å². The summed E-state index contributed by atoms with van der Waals surface area (Å²) < 4.78 is 0. The molecule has 0 aromatic carbocycles. The molecule has 2 aromatic rings. The van der Waals surface area contributed by atoms with Gasteiger partial charge in [0.15, 0.2) is 0 Å². The van der Waals surface area contributed by atoms with Gasteiger partial charge in [-0.2, -0.15) is 0 Å². The number of nitrogens with one attached hydrogen (secondary N) is 2. The zero-order valence-electron chi connectivity index (χ0n) is 9.69. The number of hydrogen-bond donors (Lipinski definition) is 2. The Hall–Kier alpha value is -1.62. The highest BCUT2D eigenvalue weighted by atomic mass is 32.1. The zero-order valence-corrected chi connectivity index (χ0v) is 10.5. The first kappa shape index (κ1) is 11.9. The summed E-state index contributed by atoms with van der Waals surface area (Å²) in [5, 5.41) is 5.24. The lowest BCUT2D eigenvalue weighted by Gasteiger charge is -2.05. The molecule has 0 unspecified atom stereocenters. The monoisotopic (exact) mass is 249 g/mol. The van der Waals surface area contributed by atoms with Gasteiger partial charge in [0, 0.05) is 23.9 Å². The molecule has 2 rings (SSSR count). The highest BCUT2D eigenvalue weighted by Gasteiger charge is 1.99. The number of rotatable bonds is 5. The maximum atomic E-state index is 11.3. The van der Waals surface area contributed by atoms with E-state index in [1.165, 1.54) is 10.9 Å². The summed E-state index contributed by atoms with van der Waals surface area (Å²) in [6.45, 7) is 2.76. The lowest BCUT2D eigenvalue weighted by molar-refractivity contribution is 0.911. The predicted octanol–water partition coefficient (Wildman–Crippen LogP) is 2.05. The number of anilines is 1. The number of thiophene rings is 1. The molecule has 2 heterocycles. The molecule has 0 spiro atoms. The minimum atomic E-state index is -0.101. The Morgan fingerprint density at radius 3 is 3.12 bits per heavy atom. The fourth-order valence-electron chi connectivity index (χ4n) is 1.53. The van der Waals surface area contributed by atoms with Crippen LogP contribution in [-0.2, 0) is 12.8 Å². The molecule has 0 aliphatic carbocycles. The van der Waals surface area contributed by atoms with E-state index in [2.05, 4.69) is 26.7 Å². The molecule has 90 valence electrons. The van der Waals surface area contributed by atoms with E-state index in [0.717, 1.165) is 25.2 Å². The molecule has 0 aliphatic heterocycles. The Kier molecular flexibility index (Phi) is 3.93. The molecule has 0 atom stereocenters. The molecular weight excluding hydrogens is 234 g/mol. The van der Waals surface area contributed by atoms with Crippen LogP contribution < -0.4 is 10.9 Å². The summed E-state index contributed by atoms with van der Waals surface area (Å²) >= 11 is 1.74. The second-order valence-corrected chi connectivity index (χ2v) is 4.72. The zero-order chi connectivity index (χ0) is 12.1. The average molecular weight is 249 g/mol. The molecule has 17 heavy (non-hydrogen) atoms. The van der Waals surface area contributed by atoms with Crippen LogP contribution in [0.4, 0.5) is 5.82 Å². The van der Waals surface area contributed by atoms with Crippen LogP contribution in [0.2, 0.25) is 0 Å². The van der Waals surface area contributed by atoms with Crippen molar-refractivity contribution in [3.8, 4) is 0 Å². The average Bonchev–Trinajstić information content (AvgIpc) is 2.81. The number of nitrogens with zero attached hydrogens (tertiary/aromatic N) is 1. The van der Waals surface area contributed by atoms with Gasteiger partial charge in [0.2, 0.25) is 0 Å². The maximum absolute atomic E-state index is 11.3. The van der Waals surface area contributed by atoms with Crippen molar-refractivity contribution in [3.63, 3.8) is 0 Å². The van der Waals surface area contributed by atoms with Crippen molar-refractivity contribution in [1.29, 1.82) is 0 Å². The number of H-pyrrole nitrogens is 1. The molecule has 0 saturated carbocycles. The minimum Gasteiger partial charge on any atom is -0.369 e. The van der Waals surface area contributed by atoms with Gasteiger partial charge in [0.1, 0.15) is 11.6 Å². The van der Waals surface area contributed by atoms with Crippen molar-refractivity contribution in [2.45, 2.75) is 19.8 Å². The third kappa shape index (κ3) is 3.42. The van der Waals surface area contributed by atoms with Gasteiger partial charge < -0.3 is 10.3 Å². The molecule has 2 N–H and O–H groups in total. The molecule has 0 radical (unpaired) electrons. The molecule has 2 aromatic heterocycles. The van der Waals surface area contributed by atoms with Crippen LogP contribution in [0.1, 0.15) is 17.6 Å². The van der Waals surface area contributed by atoms with Gasteiger partial charge >= 0.3 is 0 Å². The lowest BCUT2D eigenvalue weighted by Crippen LogP contribution is -2.14. The van der Waals surface area contributed by atoms with Gasteiger partial charge in [-0.25, -0.2) is 4.98 Å². The molecule has 0 aliphatic rings. The highest BCUT2D eigenvalue weighted by molar-refractivity contribution is 7.09. The van der Waals surface area contributed by atoms with E-state index in [9.17, 15) is 4.79 Å². The first-order chi connectivity index (χ1) is 8.28. The van der Waals surface area contributed by atoms with Crippen LogP contribution in [-0.4, -0.2) is 16.5 Å². The Balaban J connectivity index is 1.94. The van der Waals surface area contributed by atoms with E-state index in [1.807, 2.05) is 13.0 Å². The van der Waals surface area contributed by atoms with Crippen molar-refractivity contribution in [2.75, 3.05) is 11.9 Å². The Bertz CT molecular complexity index is 519. The van der Waals surface area contributed by atoms with Crippen LogP contribution in [0, 0.1) is 0 Å². The van der Waals surface area contributed by atoms with E-state index in [4.69, 9.17) is 0 Å². The summed E-state index contributed by atoms with van der Waals surface area (Å²) in [5.41, 5.74) is -0.101. The SMILES string of the molecule is CCc1nc(NCCc2cccs2)cc(=O)[nH]1. The lowest BCUT2D eigenvalue weighted by atomic mass is 10.3. The quantitative estimate of drug-likeness (QED) is 0.852. The second kappa shape index (κ2) is 5.63. The number of aryl methyl sites for hydroxylation is 1. The molecule has 0 saturated heterocycles. The van der Waals surface area contributed by atoms with Gasteiger partial charge in [0.05, 0.1) is 0 Å². The van der Waals surface area contributed by atoms with Crippen molar-refractivity contribution in [2.24, 2.45) is 0 Å². The van der Waals surface area contributed by atoms with Crippen LogP contribution in [0.15, 0.2) is 28.4 Å². The van der Waals surface area contributed by atoms with Crippen molar-refractivity contribution in [3.05, 3.63) is 44.6 Å². The van der Waals surface area contributed by atoms with Gasteiger partial charge in [-0.05, 0) is 17.9 Å². The van der Waals surface area contributed by atoms with E-state index >= 15 is 0 Å². The molecule has 0 amide bonds. The Labute approximate surface area is 104 Å². The van der Waals surface area contributed by atoms with E-state index in [1.54, 1.807) is 11.3 Å². The fraction of sp³-hybridized carbons (Fsp3) is 0.333. The Morgan fingerprint density at radius 2 is 2.41 bits per heavy atom. The summed E-state index contributed by atoms with van der Waals surface area (Å²) in [5.74, 6) is 1.37. The van der Waals surface area contributed by atoms with E-state index in [-0.39, 0.29) is 5.56 Å². The maximum Gasteiger partial charge on any atom is 0.252 e. The Morgan fingerprint density at radius 1 is 1.53 bits per heavy atom. The summed E-state index contributed by atoms with van der Waals surface area (Å²) in [6.07, 6.45) is 1.68. The third-order valence-electron chi connectivity index (χ3n) is 2.38. The van der Waals surface area contributed by atoms with E-state index < -0.39 is 0 Å². The molecule has 4 nitrogen and oxygen atoms in total. The van der Waals surface area contributed by atoms with Crippen LogP contribution in [0.25, 0.3) is 0 Å². The standard InChI is InChI=1S/C12H15N3OS/c1-2-10-14-11(8-12(16)15-10)13-6-5-9-4-3-7-17-9/h3-4,7-8H,2,5-6H2,1H3,(H2,13,14,15,16). The largest absolute Gasteiger partial charge is 0.369 e. The normalized spacial score (nSPS) is 10.4. The number of aromatic nitrogens is 2. The molecule has 0 fully saturated rings. The number of hydrogen-bond acceptors (Lipinski definition) is 4. The summed E-state index contributed by atoms with van der Waals surface area (Å²) in [7, 11) is 0. The smallest absolute Gasteiger partial charge is 0.252 e. The van der Waals surface area contributed by atoms with Crippen LogP contribution >= 0.6 is 11.3 Å². The second-order valence-electron chi connectivity index (χ2n) is 3.69. The molecule has 5 heteroatoms. The minimum absolute atomic E-state index is 0.101.